The Bertz CT molecular complexity index is 1360. The third kappa shape index (κ3) is 4.30. The number of nitrogens with zero attached hydrogens (tertiary/aromatic N) is 2. The Labute approximate surface area is 192 Å². The molecule has 2 aromatic carbocycles. The predicted octanol–water partition coefficient (Wildman–Crippen LogP) is 4.43. The number of rotatable bonds is 5. The summed E-state index contributed by atoms with van der Waals surface area (Å²) >= 11 is 11.8. The fraction of sp³-hybridized carbons (Fsp3) is 0.130. The summed E-state index contributed by atoms with van der Waals surface area (Å²) in [7, 11) is 0. The fourth-order valence-electron chi connectivity index (χ4n) is 3.39. The number of para-hydroxylation sites is 2. The van der Waals surface area contributed by atoms with Gasteiger partial charge < -0.3 is 14.6 Å². The number of hydrogen-bond donors (Lipinski definition) is 1. The number of carbonyl (C=O) groups is 2. The maximum atomic E-state index is 12.8. The number of ether oxygens (including phenoxy) is 1. The Morgan fingerprint density at radius 3 is 2.25 bits per heavy atom. The number of anilines is 1. The molecule has 0 aliphatic heterocycles. The van der Waals surface area contributed by atoms with Crippen LogP contribution in [-0.2, 0) is 20.9 Å². The number of pyridine rings is 2. The molecule has 0 spiro atoms. The Balaban J connectivity index is 1.57. The Morgan fingerprint density at radius 1 is 1.06 bits per heavy atom. The number of esters is 1. The zero-order valence-corrected chi connectivity index (χ0v) is 18.4. The van der Waals surface area contributed by atoms with E-state index in [1.807, 2.05) is 0 Å². The van der Waals surface area contributed by atoms with E-state index in [0.717, 1.165) is 0 Å². The van der Waals surface area contributed by atoms with Crippen LogP contribution in [0.25, 0.3) is 21.8 Å². The highest BCUT2D eigenvalue weighted by Gasteiger charge is 2.21. The first kappa shape index (κ1) is 21.8. The van der Waals surface area contributed by atoms with E-state index < -0.39 is 18.0 Å². The lowest BCUT2D eigenvalue weighted by Crippen LogP contribution is -2.31. The molecule has 1 amide bonds. The van der Waals surface area contributed by atoms with Gasteiger partial charge in [0.25, 0.3) is 5.91 Å². The minimum absolute atomic E-state index is 0.110. The first-order chi connectivity index (χ1) is 15.3. The molecule has 0 bridgehead atoms. The number of benzene rings is 2. The fourth-order valence-corrected chi connectivity index (χ4v) is 3.82. The first-order valence-corrected chi connectivity index (χ1v) is 10.4. The average molecular weight is 470 g/mol. The molecular weight excluding hydrogens is 453 g/mol. The van der Waals surface area contributed by atoms with Gasteiger partial charge in [0.15, 0.2) is 17.4 Å². The van der Waals surface area contributed by atoms with Crippen LogP contribution >= 0.6 is 23.2 Å². The zero-order valence-electron chi connectivity index (χ0n) is 16.8. The molecule has 0 saturated carbocycles. The van der Waals surface area contributed by atoms with E-state index >= 15 is 0 Å². The van der Waals surface area contributed by atoms with E-state index in [1.165, 1.54) is 19.2 Å². The van der Waals surface area contributed by atoms with E-state index in [1.54, 1.807) is 53.1 Å². The SMILES string of the molecule is CC(OC(=O)Cn1c2ccccc2c(=O)c2ccccc21)C(=O)Nc1ncc(Cl)cc1Cl. The van der Waals surface area contributed by atoms with E-state index in [9.17, 15) is 14.4 Å². The van der Waals surface area contributed by atoms with E-state index in [2.05, 4.69) is 10.3 Å². The molecular formula is C23H17Cl2N3O4. The minimum atomic E-state index is -1.10. The summed E-state index contributed by atoms with van der Waals surface area (Å²) in [5.74, 6) is -1.12. The summed E-state index contributed by atoms with van der Waals surface area (Å²) < 4.78 is 7.04. The summed E-state index contributed by atoms with van der Waals surface area (Å²) in [6, 6.07) is 15.5. The molecule has 1 atom stereocenters. The second-order valence-electron chi connectivity index (χ2n) is 7.05. The van der Waals surface area contributed by atoms with E-state index in [0.29, 0.717) is 26.8 Å². The van der Waals surface area contributed by atoms with E-state index in [4.69, 9.17) is 27.9 Å². The molecule has 7 nitrogen and oxygen atoms in total. The Hall–Kier alpha value is -3.42. The second kappa shape index (κ2) is 8.98. The number of fused-ring (bicyclic) bond motifs is 2. The van der Waals surface area contributed by atoms with Crippen LogP contribution in [0.4, 0.5) is 5.82 Å². The number of carbonyl (C=O) groups excluding carboxylic acids is 2. The van der Waals surface area contributed by atoms with Gasteiger partial charge >= 0.3 is 5.97 Å². The molecule has 1 unspecified atom stereocenters. The van der Waals surface area contributed by atoms with Crippen molar-refractivity contribution in [2.45, 2.75) is 19.6 Å². The van der Waals surface area contributed by atoms with Crippen molar-refractivity contribution in [2.24, 2.45) is 0 Å². The summed E-state index contributed by atoms with van der Waals surface area (Å²) in [4.78, 5) is 41.9. The van der Waals surface area contributed by atoms with E-state index in [-0.39, 0.29) is 22.8 Å². The molecule has 9 heteroatoms. The molecule has 0 fully saturated rings. The highest BCUT2D eigenvalue weighted by atomic mass is 35.5. The Morgan fingerprint density at radius 2 is 1.66 bits per heavy atom. The average Bonchev–Trinajstić information content (AvgIpc) is 2.78. The van der Waals surface area contributed by atoms with Crippen molar-refractivity contribution < 1.29 is 14.3 Å². The van der Waals surface area contributed by atoms with Gasteiger partial charge in [-0.3, -0.25) is 14.4 Å². The highest BCUT2D eigenvalue weighted by Crippen LogP contribution is 2.23. The van der Waals surface area contributed by atoms with Crippen LogP contribution in [-0.4, -0.2) is 27.5 Å². The molecule has 2 aromatic heterocycles. The number of hydrogen-bond acceptors (Lipinski definition) is 5. The van der Waals surface area contributed by atoms with Crippen LogP contribution in [0.2, 0.25) is 10.0 Å². The summed E-state index contributed by atoms with van der Waals surface area (Å²) in [6.45, 7) is 1.26. The van der Waals surface area contributed by atoms with Crippen molar-refractivity contribution in [3.8, 4) is 0 Å². The first-order valence-electron chi connectivity index (χ1n) is 9.67. The van der Waals surface area contributed by atoms with Crippen molar-refractivity contribution in [2.75, 3.05) is 5.32 Å². The van der Waals surface area contributed by atoms with Crippen LogP contribution in [0.5, 0.6) is 0 Å². The smallest absolute Gasteiger partial charge is 0.326 e. The molecule has 0 radical (unpaired) electrons. The Kier molecular flexibility index (Phi) is 6.12. The van der Waals surface area contributed by atoms with Crippen molar-refractivity contribution in [1.82, 2.24) is 9.55 Å². The maximum absolute atomic E-state index is 12.8. The topological polar surface area (TPSA) is 90.3 Å². The lowest BCUT2D eigenvalue weighted by atomic mass is 10.1. The number of nitrogens with one attached hydrogen (secondary N) is 1. The number of aromatic nitrogens is 2. The van der Waals surface area contributed by atoms with Gasteiger partial charge in [-0.05, 0) is 37.3 Å². The lowest BCUT2D eigenvalue weighted by Gasteiger charge is -2.17. The third-order valence-corrected chi connectivity index (χ3v) is 5.39. The van der Waals surface area contributed by atoms with Gasteiger partial charge in [0.05, 0.1) is 21.1 Å². The largest absolute Gasteiger partial charge is 0.451 e. The van der Waals surface area contributed by atoms with Gasteiger partial charge in [0.2, 0.25) is 0 Å². The minimum Gasteiger partial charge on any atom is -0.451 e. The summed E-state index contributed by atoms with van der Waals surface area (Å²) in [5, 5.41) is 3.98. The monoisotopic (exact) mass is 469 g/mol. The number of halogens is 2. The molecule has 1 N–H and O–H groups in total. The summed E-state index contributed by atoms with van der Waals surface area (Å²) in [5.41, 5.74) is 1.09. The standard InChI is InChI=1S/C23H17Cl2N3O4/c1-13(23(31)27-22-17(25)10-14(24)11-26-22)32-20(29)12-28-18-8-4-2-6-15(18)21(30)16-7-3-5-9-19(16)28/h2-11,13H,12H2,1H3,(H,26,27,31). The maximum Gasteiger partial charge on any atom is 0.326 e. The van der Waals surface area contributed by atoms with Gasteiger partial charge in [-0.1, -0.05) is 47.5 Å². The third-order valence-electron chi connectivity index (χ3n) is 4.89. The van der Waals surface area contributed by atoms with Crippen molar-refractivity contribution in [1.29, 1.82) is 0 Å². The second-order valence-corrected chi connectivity index (χ2v) is 7.90. The van der Waals surface area contributed by atoms with Crippen LogP contribution in [0, 0.1) is 0 Å². The van der Waals surface area contributed by atoms with Crippen LogP contribution < -0.4 is 10.7 Å². The molecule has 4 aromatic rings. The molecule has 4 rings (SSSR count). The van der Waals surface area contributed by atoms with Gasteiger partial charge in [-0.25, -0.2) is 4.98 Å². The lowest BCUT2D eigenvalue weighted by molar-refractivity contribution is -0.153. The quantitative estimate of drug-likeness (QED) is 0.344. The zero-order chi connectivity index (χ0) is 22.8. The van der Waals surface area contributed by atoms with Crippen molar-refractivity contribution in [3.05, 3.63) is 81.1 Å². The molecule has 162 valence electrons. The normalized spacial score (nSPS) is 12.0. The van der Waals surface area contributed by atoms with Gasteiger partial charge in [-0.2, -0.15) is 0 Å². The van der Waals surface area contributed by atoms with Gasteiger partial charge in [0, 0.05) is 17.0 Å². The molecule has 0 aliphatic carbocycles. The number of amides is 1. The van der Waals surface area contributed by atoms with Gasteiger partial charge in [0.1, 0.15) is 6.54 Å². The predicted molar refractivity (Wildman–Crippen MR) is 124 cm³/mol. The van der Waals surface area contributed by atoms with Crippen molar-refractivity contribution >= 4 is 62.7 Å². The molecule has 0 saturated heterocycles. The van der Waals surface area contributed by atoms with Crippen molar-refractivity contribution in [3.63, 3.8) is 0 Å². The van der Waals surface area contributed by atoms with Crippen LogP contribution in [0.3, 0.4) is 0 Å². The van der Waals surface area contributed by atoms with Crippen LogP contribution in [0.15, 0.2) is 65.6 Å². The molecule has 32 heavy (non-hydrogen) atoms. The summed E-state index contributed by atoms with van der Waals surface area (Å²) in [6.07, 6.45) is 0.236. The molecule has 0 aliphatic rings. The molecule has 2 heterocycles. The van der Waals surface area contributed by atoms with Gasteiger partial charge in [-0.15, -0.1) is 0 Å². The highest BCUT2D eigenvalue weighted by molar-refractivity contribution is 6.36. The van der Waals surface area contributed by atoms with Crippen LogP contribution in [0.1, 0.15) is 6.92 Å².